The minimum absolute atomic E-state index is 0.0645. The number of nitrogens with one attached hydrogen (secondary N) is 1. The molecule has 3 aromatic heterocycles. The van der Waals surface area contributed by atoms with Crippen LogP contribution in [-0.4, -0.2) is 34.3 Å². The van der Waals surface area contributed by atoms with Crippen molar-refractivity contribution in [1.82, 2.24) is 34.3 Å². The predicted octanol–water partition coefficient (Wildman–Crippen LogP) is 4.15. The highest BCUT2D eigenvalue weighted by molar-refractivity contribution is 7.98. The van der Waals surface area contributed by atoms with Gasteiger partial charge >= 0.3 is 0 Å². The largest absolute Gasteiger partial charge is 0.368 e. The van der Waals surface area contributed by atoms with Crippen LogP contribution < -0.4 is 11.3 Å². The Bertz CT molecular complexity index is 1570. The van der Waals surface area contributed by atoms with Gasteiger partial charge in [-0.3, -0.25) is 14.5 Å². The minimum Gasteiger partial charge on any atom is -0.368 e. The van der Waals surface area contributed by atoms with E-state index in [1.165, 1.54) is 27.9 Å². The van der Waals surface area contributed by atoms with Gasteiger partial charge in [-0.2, -0.15) is 9.50 Å². The first kappa shape index (κ1) is 22.9. The number of nitrogen functional groups attached to an aromatic ring is 1. The molecule has 178 valence electrons. The Balaban J connectivity index is 1.54. The molecule has 0 amide bonds. The van der Waals surface area contributed by atoms with Gasteiger partial charge in [-0.25, -0.2) is 4.98 Å². The number of nitrogens with zero attached hydrogens (tertiary/aromatic N) is 6. The van der Waals surface area contributed by atoms with Gasteiger partial charge in [0, 0.05) is 17.4 Å². The van der Waals surface area contributed by atoms with Crippen molar-refractivity contribution in [1.29, 1.82) is 0 Å². The van der Waals surface area contributed by atoms with E-state index in [0.717, 1.165) is 22.6 Å². The smallest absolute Gasteiger partial charge is 0.274 e. The normalized spacial score (nSPS) is 11.9. The van der Waals surface area contributed by atoms with Crippen molar-refractivity contribution in [2.24, 2.45) is 0 Å². The second kappa shape index (κ2) is 8.70. The number of aryl methyl sites for hydroxylation is 1. The summed E-state index contributed by atoms with van der Waals surface area (Å²) in [6.07, 6.45) is 0. The van der Waals surface area contributed by atoms with Crippen molar-refractivity contribution >= 4 is 23.5 Å². The molecule has 0 aliphatic heterocycles. The highest BCUT2D eigenvalue weighted by Gasteiger charge is 2.19. The molecule has 0 fully saturated rings. The molecule has 0 saturated heterocycles. The number of aromatic nitrogens is 7. The lowest BCUT2D eigenvalue weighted by molar-refractivity contribution is 0.590. The van der Waals surface area contributed by atoms with E-state index in [1.54, 1.807) is 0 Å². The molecule has 9 nitrogen and oxygen atoms in total. The molecule has 10 heteroatoms. The van der Waals surface area contributed by atoms with Crippen LogP contribution in [-0.2, 0) is 11.2 Å². The van der Waals surface area contributed by atoms with Gasteiger partial charge in [-0.1, -0.05) is 75.0 Å². The molecule has 5 aromatic rings. The maximum Gasteiger partial charge on any atom is 0.274 e. The number of H-pyrrole nitrogens is 1. The van der Waals surface area contributed by atoms with Crippen molar-refractivity contribution in [2.45, 2.75) is 44.0 Å². The molecule has 0 saturated carbocycles. The second-order valence-electron chi connectivity index (χ2n) is 9.37. The zero-order valence-corrected chi connectivity index (χ0v) is 20.8. The molecule has 3 heterocycles. The van der Waals surface area contributed by atoms with Crippen molar-refractivity contribution < 1.29 is 0 Å². The molecule has 0 spiro atoms. The summed E-state index contributed by atoms with van der Waals surface area (Å²) < 4.78 is 3.28. The Morgan fingerprint density at radius 1 is 1.03 bits per heavy atom. The van der Waals surface area contributed by atoms with E-state index in [-0.39, 0.29) is 22.7 Å². The van der Waals surface area contributed by atoms with E-state index < -0.39 is 0 Å². The fourth-order valence-electron chi connectivity index (χ4n) is 3.86. The van der Waals surface area contributed by atoms with Crippen molar-refractivity contribution in [2.75, 3.05) is 5.73 Å². The molecule has 35 heavy (non-hydrogen) atoms. The second-order valence-corrected chi connectivity index (χ2v) is 10.3. The van der Waals surface area contributed by atoms with Crippen LogP contribution in [0.2, 0.25) is 0 Å². The number of fused-ring (bicyclic) bond motifs is 1. The highest BCUT2D eigenvalue weighted by Crippen LogP contribution is 2.32. The summed E-state index contributed by atoms with van der Waals surface area (Å²) in [5.74, 6) is 1.56. The third-order valence-electron chi connectivity index (χ3n) is 5.75. The van der Waals surface area contributed by atoms with Crippen LogP contribution in [0.3, 0.4) is 0 Å². The third kappa shape index (κ3) is 4.44. The lowest BCUT2D eigenvalue weighted by atomic mass is 9.87. The first-order valence-corrected chi connectivity index (χ1v) is 12.2. The van der Waals surface area contributed by atoms with Crippen LogP contribution >= 0.6 is 11.8 Å². The van der Waals surface area contributed by atoms with Gasteiger partial charge in [0.05, 0.1) is 11.4 Å². The number of para-hydroxylation sites is 1. The Morgan fingerprint density at radius 2 is 1.77 bits per heavy atom. The fraction of sp³-hybridized carbons (Fsp3) is 0.240. The van der Waals surface area contributed by atoms with Gasteiger partial charge in [-0.15, -0.1) is 10.2 Å². The summed E-state index contributed by atoms with van der Waals surface area (Å²) in [4.78, 5) is 20.9. The molecular weight excluding hydrogens is 460 g/mol. The number of hydrogen-bond donors (Lipinski definition) is 2. The zero-order valence-electron chi connectivity index (χ0n) is 20.0. The Morgan fingerprint density at radius 3 is 2.49 bits per heavy atom. The van der Waals surface area contributed by atoms with Gasteiger partial charge in [0.1, 0.15) is 0 Å². The number of hydrogen-bond acceptors (Lipinski definition) is 7. The van der Waals surface area contributed by atoms with Gasteiger partial charge < -0.3 is 5.73 Å². The number of rotatable bonds is 5. The Hall–Kier alpha value is -3.92. The first-order valence-electron chi connectivity index (χ1n) is 11.2. The van der Waals surface area contributed by atoms with Crippen molar-refractivity contribution in [3.8, 4) is 17.1 Å². The Kier molecular flexibility index (Phi) is 5.68. The van der Waals surface area contributed by atoms with Crippen LogP contribution in [0.4, 0.5) is 5.95 Å². The lowest BCUT2D eigenvalue weighted by Gasteiger charge is -2.19. The lowest BCUT2D eigenvalue weighted by Crippen LogP contribution is -2.15. The SMILES string of the molecule is Cc1ccccc1-n1c(SCc2cc(=O)n3[nH]c(N)nc3n2)nnc1-c1ccc(C(C)(C)C)cc1. The number of aromatic amines is 1. The summed E-state index contributed by atoms with van der Waals surface area (Å²) >= 11 is 1.46. The number of anilines is 1. The van der Waals surface area contributed by atoms with Gasteiger partial charge in [0.15, 0.2) is 11.0 Å². The predicted molar refractivity (Wildman–Crippen MR) is 138 cm³/mol. The minimum atomic E-state index is -0.269. The fourth-order valence-corrected chi connectivity index (χ4v) is 4.69. The van der Waals surface area contributed by atoms with E-state index in [0.29, 0.717) is 16.6 Å². The van der Waals surface area contributed by atoms with Crippen LogP contribution in [0.15, 0.2) is 64.5 Å². The summed E-state index contributed by atoms with van der Waals surface area (Å²) in [7, 11) is 0. The average Bonchev–Trinajstić information content (AvgIpc) is 3.41. The van der Waals surface area contributed by atoms with E-state index >= 15 is 0 Å². The van der Waals surface area contributed by atoms with E-state index in [1.807, 2.05) is 12.1 Å². The van der Waals surface area contributed by atoms with Gasteiger partial charge in [0.2, 0.25) is 5.95 Å². The standard InChI is InChI=1S/C25H26N8OS/c1-15-7-5-6-8-19(15)32-21(16-9-11-17(12-10-16)25(2,3)4)29-30-24(32)35-14-18-13-20(34)33-23(27-18)28-22(26)31-33/h5-13H,14H2,1-4H3,(H3,26,27,28,31). The molecule has 5 rings (SSSR count). The summed E-state index contributed by atoms with van der Waals surface area (Å²) in [6, 6.07) is 18.1. The van der Waals surface area contributed by atoms with Crippen LogP contribution in [0.25, 0.3) is 22.9 Å². The molecule has 3 N–H and O–H groups in total. The molecule has 0 radical (unpaired) electrons. The average molecular weight is 487 g/mol. The molecule has 0 bridgehead atoms. The first-order chi connectivity index (χ1) is 16.7. The zero-order chi connectivity index (χ0) is 24.7. The monoisotopic (exact) mass is 486 g/mol. The van der Waals surface area contributed by atoms with E-state index in [4.69, 9.17) is 5.73 Å². The molecule has 0 unspecified atom stereocenters. The molecule has 0 aliphatic carbocycles. The quantitative estimate of drug-likeness (QED) is 0.358. The summed E-state index contributed by atoms with van der Waals surface area (Å²) in [5, 5.41) is 12.4. The summed E-state index contributed by atoms with van der Waals surface area (Å²) in [6.45, 7) is 8.65. The maximum atomic E-state index is 12.4. The molecular formula is C25H26N8OS. The maximum absolute atomic E-state index is 12.4. The van der Waals surface area contributed by atoms with E-state index in [2.05, 4.69) is 93.9 Å². The molecule has 0 atom stereocenters. The van der Waals surface area contributed by atoms with Gasteiger partial charge in [-0.05, 0) is 29.5 Å². The van der Waals surface area contributed by atoms with Crippen LogP contribution in [0.5, 0.6) is 0 Å². The van der Waals surface area contributed by atoms with Crippen molar-refractivity contribution in [3.05, 3.63) is 81.8 Å². The van der Waals surface area contributed by atoms with Crippen LogP contribution in [0.1, 0.15) is 37.6 Å². The topological polar surface area (TPSA) is 120 Å². The number of nitrogens with two attached hydrogens (primary N) is 1. The summed E-state index contributed by atoms with van der Waals surface area (Å²) in [5.41, 5.74) is 10.4. The number of thioether (sulfide) groups is 1. The van der Waals surface area contributed by atoms with Crippen molar-refractivity contribution in [3.63, 3.8) is 0 Å². The van der Waals surface area contributed by atoms with E-state index in [9.17, 15) is 4.79 Å². The Labute approximate surface area is 206 Å². The number of benzene rings is 2. The molecule has 2 aromatic carbocycles. The van der Waals surface area contributed by atoms with Gasteiger partial charge in [0.25, 0.3) is 11.3 Å². The molecule has 0 aliphatic rings. The van der Waals surface area contributed by atoms with Crippen LogP contribution in [0, 0.1) is 6.92 Å². The highest BCUT2D eigenvalue weighted by atomic mass is 32.2. The third-order valence-corrected chi connectivity index (χ3v) is 6.71.